The van der Waals surface area contributed by atoms with Crippen molar-refractivity contribution in [3.05, 3.63) is 33.8 Å². The van der Waals surface area contributed by atoms with Gasteiger partial charge in [0, 0.05) is 19.1 Å². The fourth-order valence-corrected chi connectivity index (χ4v) is 2.66. The molecule has 2 unspecified atom stereocenters. The molecule has 1 heterocycles. The quantitative estimate of drug-likeness (QED) is 0.900. The zero-order valence-electron chi connectivity index (χ0n) is 10.6. The number of hydrogen-bond donors (Lipinski definition) is 2. The molecule has 0 aliphatic carbocycles. The van der Waals surface area contributed by atoms with Gasteiger partial charge < -0.3 is 10.8 Å². The van der Waals surface area contributed by atoms with Crippen LogP contribution in [0.1, 0.15) is 24.9 Å². The van der Waals surface area contributed by atoms with Crippen LogP contribution in [0, 0.1) is 0 Å². The van der Waals surface area contributed by atoms with Gasteiger partial charge in [0.15, 0.2) is 0 Å². The minimum atomic E-state index is -1.15. The van der Waals surface area contributed by atoms with Crippen LogP contribution in [0.5, 0.6) is 0 Å². The molecular weight excluding hydrogens is 287 g/mol. The van der Waals surface area contributed by atoms with Crippen LogP contribution in [-0.2, 0) is 4.79 Å². The van der Waals surface area contributed by atoms with Crippen LogP contribution in [0.3, 0.4) is 0 Å². The second-order valence-corrected chi connectivity index (χ2v) is 5.85. The number of aliphatic carboxylic acids is 1. The van der Waals surface area contributed by atoms with Crippen LogP contribution in [0.15, 0.2) is 18.2 Å². The number of hydrogen-bond acceptors (Lipinski definition) is 3. The van der Waals surface area contributed by atoms with E-state index in [9.17, 15) is 4.79 Å². The van der Waals surface area contributed by atoms with Gasteiger partial charge in [-0.1, -0.05) is 29.3 Å². The van der Waals surface area contributed by atoms with Gasteiger partial charge >= 0.3 is 5.97 Å². The van der Waals surface area contributed by atoms with Crippen molar-refractivity contribution in [2.75, 3.05) is 13.1 Å². The minimum Gasteiger partial charge on any atom is -0.480 e. The van der Waals surface area contributed by atoms with Crippen molar-refractivity contribution in [3.8, 4) is 0 Å². The molecule has 0 spiro atoms. The molecule has 19 heavy (non-hydrogen) atoms. The summed E-state index contributed by atoms with van der Waals surface area (Å²) in [4.78, 5) is 13.2. The summed E-state index contributed by atoms with van der Waals surface area (Å²) in [7, 11) is 0. The number of carboxylic acids is 1. The van der Waals surface area contributed by atoms with Gasteiger partial charge in [-0.2, -0.15) is 0 Å². The highest BCUT2D eigenvalue weighted by molar-refractivity contribution is 6.42. The van der Waals surface area contributed by atoms with Crippen molar-refractivity contribution in [3.63, 3.8) is 0 Å². The lowest BCUT2D eigenvalue weighted by atomic mass is 10.0. The number of carboxylic acid groups (broad SMARTS) is 1. The largest absolute Gasteiger partial charge is 0.480 e. The summed E-state index contributed by atoms with van der Waals surface area (Å²) >= 11 is 11.9. The Balaban J connectivity index is 2.15. The highest BCUT2D eigenvalue weighted by Gasteiger charge is 2.42. The van der Waals surface area contributed by atoms with E-state index in [-0.39, 0.29) is 6.04 Å². The average Bonchev–Trinajstić information content (AvgIpc) is 2.76. The molecule has 0 amide bonds. The molecule has 0 radical (unpaired) electrons. The minimum absolute atomic E-state index is 0.0551. The lowest BCUT2D eigenvalue weighted by Crippen LogP contribution is -2.50. The van der Waals surface area contributed by atoms with E-state index in [1.54, 1.807) is 6.07 Å². The summed E-state index contributed by atoms with van der Waals surface area (Å²) in [6.45, 7) is 3.00. The van der Waals surface area contributed by atoms with Gasteiger partial charge in [0.05, 0.1) is 10.0 Å². The molecule has 4 nitrogen and oxygen atoms in total. The third-order valence-corrected chi connectivity index (χ3v) is 4.47. The van der Waals surface area contributed by atoms with Gasteiger partial charge in [-0.3, -0.25) is 9.69 Å². The van der Waals surface area contributed by atoms with Crippen molar-refractivity contribution < 1.29 is 9.90 Å². The number of carbonyl (C=O) groups is 1. The molecule has 1 aliphatic rings. The molecule has 0 bridgehead atoms. The van der Waals surface area contributed by atoms with Crippen LogP contribution in [0.2, 0.25) is 10.0 Å². The lowest BCUT2D eigenvalue weighted by molar-refractivity contribution is -0.142. The maximum absolute atomic E-state index is 11.1. The highest BCUT2D eigenvalue weighted by atomic mass is 35.5. The van der Waals surface area contributed by atoms with Crippen LogP contribution >= 0.6 is 23.2 Å². The number of likely N-dealkylation sites (tertiary alicyclic amines) is 1. The first-order valence-corrected chi connectivity index (χ1v) is 6.80. The topological polar surface area (TPSA) is 66.6 Å². The van der Waals surface area contributed by atoms with Crippen molar-refractivity contribution in [2.24, 2.45) is 5.73 Å². The van der Waals surface area contributed by atoms with Gasteiger partial charge in [0.25, 0.3) is 0 Å². The Bertz CT molecular complexity index is 509. The molecule has 1 aromatic carbocycles. The summed E-state index contributed by atoms with van der Waals surface area (Å²) in [5.41, 5.74) is 5.73. The number of nitrogens with two attached hydrogens (primary N) is 1. The van der Waals surface area contributed by atoms with E-state index in [2.05, 4.69) is 0 Å². The molecule has 6 heteroatoms. The van der Waals surface area contributed by atoms with Gasteiger partial charge in [-0.25, -0.2) is 0 Å². The standard InChI is InChI=1S/C13H16Cl2N2O2/c1-8(9-2-3-10(14)11(15)6-9)17-5-4-13(16,7-17)12(18)19/h2-3,6,8H,4-5,7,16H2,1H3,(H,18,19). The van der Waals surface area contributed by atoms with Crippen LogP contribution < -0.4 is 5.73 Å². The van der Waals surface area contributed by atoms with E-state index in [4.69, 9.17) is 34.0 Å². The Morgan fingerprint density at radius 2 is 2.16 bits per heavy atom. The normalized spacial score (nSPS) is 25.5. The molecule has 2 atom stereocenters. The van der Waals surface area contributed by atoms with E-state index in [0.29, 0.717) is 29.6 Å². The molecule has 2 rings (SSSR count). The monoisotopic (exact) mass is 302 g/mol. The van der Waals surface area contributed by atoms with Crippen molar-refractivity contribution in [1.82, 2.24) is 4.90 Å². The Hall–Kier alpha value is -0.810. The average molecular weight is 303 g/mol. The van der Waals surface area contributed by atoms with Crippen molar-refractivity contribution >= 4 is 29.2 Å². The Morgan fingerprint density at radius 3 is 2.68 bits per heavy atom. The van der Waals surface area contributed by atoms with Crippen LogP contribution in [0.4, 0.5) is 0 Å². The Kier molecular flexibility index (Phi) is 4.06. The zero-order chi connectivity index (χ0) is 14.2. The summed E-state index contributed by atoms with van der Waals surface area (Å²) in [6.07, 6.45) is 0.452. The maximum atomic E-state index is 11.1. The smallest absolute Gasteiger partial charge is 0.325 e. The SMILES string of the molecule is CC(c1ccc(Cl)c(Cl)c1)N1CCC(N)(C(=O)O)C1. The molecule has 0 saturated carbocycles. The molecule has 1 saturated heterocycles. The number of rotatable bonds is 3. The first-order chi connectivity index (χ1) is 8.83. The van der Waals surface area contributed by atoms with E-state index in [1.807, 2.05) is 24.0 Å². The van der Waals surface area contributed by atoms with E-state index in [1.165, 1.54) is 0 Å². The van der Waals surface area contributed by atoms with E-state index >= 15 is 0 Å². The van der Waals surface area contributed by atoms with Gasteiger partial charge in [-0.05, 0) is 31.0 Å². The maximum Gasteiger partial charge on any atom is 0.325 e. The third-order valence-electron chi connectivity index (χ3n) is 3.73. The molecule has 3 N–H and O–H groups in total. The van der Waals surface area contributed by atoms with Crippen LogP contribution in [-0.4, -0.2) is 34.6 Å². The fourth-order valence-electron chi connectivity index (χ4n) is 2.35. The van der Waals surface area contributed by atoms with Crippen molar-refractivity contribution in [2.45, 2.75) is 24.9 Å². The zero-order valence-corrected chi connectivity index (χ0v) is 12.1. The summed E-state index contributed by atoms with van der Waals surface area (Å²) in [6, 6.07) is 5.51. The number of nitrogens with zero attached hydrogens (tertiary/aromatic N) is 1. The summed E-state index contributed by atoms with van der Waals surface area (Å²) in [5.74, 6) is -0.948. The summed E-state index contributed by atoms with van der Waals surface area (Å²) in [5, 5.41) is 10.1. The Labute approximate surface area is 122 Å². The number of benzene rings is 1. The first-order valence-electron chi connectivity index (χ1n) is 6.05. The van der Waals surface area contributed by atoms with Crippen molar-refractivity contribution in [1.29, 1.82) is 0 Å². The van der Waals surface area contributed by atoms with Gasteiger partial charge in [0.2, 0.25) is 0 Å². The highest BCUT2D eigenvalue weighted by Crippen LogP contribution is 2.31. The second-order valence-electron chi connectivity index (χ2n) is 5.03. The third kappa shape index (κ3) is 2.87. The van der Waals surface area contributed by atoms with E-state index < -0.39 is 11.5 Å². The van der Waals surface area contributed by atoms with E-state index in [0.717, 1.165) is 5.56 Å². The predicted molar refractivity (Wildman–Crippen MR) is 75.6 cm³/mol. The predicted octanol–water partition coefficient (Wildman–Crippen LogP) is 2.54. The lowest BCUT2D eigenvalue weighted by Gasteiger charge is -2.26. The molecule has 0 aromatic heterocycles. The van der Waals surface area contributed by atoms with Gasteiger partial charge in [0.1, 0.15) is 5.54 Å². The molecule has 1 aromatic rings. The molecule has 104 valence electrons. The number of halogens is 2. The first kappa shape index (κ1) is 14.6. The molecular formula is C13H16Cl2N2O2. The Morgan fingerprint density at radius 1 is 1.47 bits per heavy atom. The fraction of sp³-hybridized carbons (Fsp3) is 0.462. The molecule has 1 aliphatic heterocycles. The second kappa shape index (κ2) is 5.29. The van der Waals surface area contributed by atoms with Gasteiger partial charge in [-0.15, -0.1) is 0 Å². The molecule has 1 fully saturated rings. The summed E-state index contributed by atoms with van der Waals surface area (Å²) < 4.78 is 0. The van der Waals surface area contributed by atoms with Crippen LogP contribution in [0.25, 0.3) is 0 Å².